The number of ether oxygens (including phenoxy) is 3. The lowest BCUT2D eigenvalue weighted by Gasteiger charge is -2.21. The average Bonchev–Trinajstić information content (AvgIpc) is 2.36. The summed E-state index contributed by atoms with van der Waals surface area (Å²) in [7, 11) is 2.53. The van der Waals surface area contributed by atoms with Crippen molar-refractivity contribution >= 4 is 18.1 Å². The Morgan fingerprint density at radius 2 is 1.81 bits per heavy atom. The first-order chi connectivity index (χ1) is 9.73. The fourth-order valence-electron chi connectivity index (χ4n) is 1.66. The van der Waals surface area contributed by atoms with Crippen LogP contribution in [0.25, 0.3) is 0 Å². The molecule has 0 aliphatic rings. The molecule has 1 N–H and O–H groups in total. The zero-order chi connectivity index (χ0) is 16.2. The van der Waals surface area contributed by atoms with Crippen LogP contribution < -0.4 is 14.8 Å². The number of halogens is 1. The van der Waals surface area contributed by atoms with Crippen LogP contribution in [0.15, 0.2) is 6.07 Å². The molecule has 7 heteroatoms. The third-order valence-electron chi connectivity index (χ3n) is 2.38. The minimum Gasteiger partial charge on any atom is -0.494 e. The monoisotopic (exact) mass is 299 g/mol. The second-order valence-corrected chi connectivity index (χ2v) is 5.13. The molecule has 0 saturated carbocycles. The van der Waals surface area contributed by atoms with Crippen molar-refractivity contribution in [2.75, 3.05) is 19.5 Å². The number of hydrogen-bond acceptors (Lipinski definition) is 5. The number of methoxy groups -OCH3 is 2. The number of aldehydes is 1. The fourth-order valence-corrected chi connectivity index (χ4v) is 1.66. The SMILES string of the molecule is COc1c(F)cc(C=O)c(OC)c1NC(=O)OC(C)(C)C. The third kappa shape index (κ3) is 4.08. The number of amides is 1. The first-order valence-corrected chi connectivity index (χ1v) is 6.13. The maximum Gasteiger partial charge on any atom is 0.412 e. The van der Waals surface area contributed by atoms with Crippen molar-refractivity contribution in [2.24, 2.45) is 0 Å². The summed E-state index contributed by atoms with van der Waals surface area (Å²) in [4.78, 5) is 22.8. The maximum atomic E-state index is 13.9. The molecule has 0 fully saturated rings. The van der Waals surface area contributed by atoms with Crippen LogP contribution in [0.3, 0.4) is 0 Å². The molecule has 0 spiro atoms. The molecule has 0 aromatic heterocycles. The molecule has 0 atom stereocenters. The van der Waals surface area contributed by atoms with Crippen LogP contribution >= 0.6 is 0 Å². The minimum atomic E-state index is -0.818. The Hall–Kier alpha value is -2.31. The molecular weight excluding hydrogens is 281 g/mol. The number of rotatable bonds is 4. The standard InChI is InChI=1S/C14H18FNO5/c1-14(2,3)21-13(18)16-10-11(19-4)8(7-17)6-9(15)12(10)20-5/h6-7H,1-5H3,(H,16,18). The number of carbonyl (C=O) groups is 2. The van der Waals surface area contributed by atoms with E-state index in [1.807, 2.05) is 0 Å². The smallest absolute Gasteiger partial charge is 0.412 e. The van der Waals surface area contributed by atoms with Gasteiger partial charge in [0.25, 0.3) is 0 Å². The van der Waals surface area contributed by atoms with E-state index in [1.165, 1.54) is 14.2 Å². The van der Waals surface area contributed by atoms with Crippen molar-refractivity contribution in [3.8, 4) is 11.5 Å². The molecule has 6 nitrogen and oxygen atoms in total. The molecule has 21 heavy (non-hydrogen) atoms. The quantitative estimate of drug-likeness (QED) is 0.865. The van der Waals surface area contributed by atoms with Gasteiger partial charge in [0.05, 0.1) is 19.8 Å². The highest BCUT2D eigenvalue weighted by atomic mass is 19.1. The van der Waals surface area contributed by atoms with E-state index in [9.17, 15) is 14.0 Å². The van der Waals surface area contributed by atoms with Crippen molar-refractivity contribution in [1.82, 2.24) is 0 Å². The predicted octanol–water partition coefficient (Wildman–Crippen LogP) is 3.00. The van der Waals surface area contributed by atoms with Crippen LogP contribution in [-0.4, -0.2) is 32.2 Å². The highest BCUT2D eigenvalue weighted by Gasteiger charge is 2.24. The first kappa shape index (κ1) is 16.7. The predicted molar refractivity (Wildman–Crippen MR) is 74.7 cm³/mol. The number of hydrogen-bond donors (Lipinski definition) is 1. The zero-order valence-corrected chi connectivity index (χ0v) is 12.6. The summed E-state index contributed by atoms with van der Waals surface area (Å²) in [5.74, 6) is -1.05. The molecule has 0 bridgehead atoms. The summed E-state index contributed by atoms with van der Waals surface area (Å²) < 4.78 is 28.9. The summed E-state index contributed by atoms with van der Waals surface area (Å²) in [5.41, 5.74) is -0.885. The topological polar surface area (TPSA) is 73.9 Å². The summed E-state index contributed by atoms with van der Waals surface area (Å²) in [6, 6.07) is 0.963. The van der Waals surface area contributed by atoms with Crippen LogP contribution in [0.5, 0.6) is 11.5 Å². The van der Waals surface area contributed by atoms with E-state index in [-0.39, 0.29) is 22.7 Å². The average molecular weight is 299 g/mol. The van der Waals surface area contributed by atoms with Gasteiger partial charge in [-0.25, -0.2) is 9.18 Å². The molecular formula is C14H18FNO5. The highest BCUT2D eigenvalue weighted by molar-refractivity contribution is 5.94. The van der Waals surface area contributed by atoms with Gasteiger partial charge in [0.1, 0.15) is 11.3 Å². The van der Waals surface area contributed by atoms with Crippen LogP contribution in [0.2, 0.25) is 0 Å². The van der Waals surface area contributed by atoms with Gasteiger partial charge in [-0.1, -0.05) is 0 Å². The molecule has 1 amide bonds. The van der Waals surface area contributed by atoms with Crippen LogP contribution in [0.1, 0.15) is 31.1 Å². The molecule has 0 saturated heterocycles. The Labute approximate surface area is 122 Å². The molecule has 1 aromatic carbocycles. The van der Waals surface area contributed by atoms with Crippen molar-refractivity contribution < 1.29 is 28.2 Å². The fraction of sp³-hybridized carbons (Fsp3) is 0.429. The zero-order valence-electron chi connectivity index (χ0n) is 12.6. The largest absolute Gasteiger partial charge is 0.494 e. The van der Waals surface area contributed by atoms with Crippen molar-refractivity contribution in [3.05, 3.63) is 17.4 Å². The molecule has 0 heterocycles. The lowest BCUT2D eigenvalue weighted by atomic mass is 10.1. The maximum absolute atomic E-state index is 13.9. The first-order valence-electron chi connectivity index (χ1n) is 6.13. The van der Waals surface area contributed by atoms with E-state index in [0.717, 1.165) is 6.07 Å². The molecule has 0 aliphatic carbocycles. The summed E-state index contributed by atoms with van der Waals surface area (Å²) in [5, 5.41) is 2.34. The van der Waals surface area contributed by atoms with Gasteiger partial charge >= 0.3 is 6.09 Å². The van der Waals surface area contributed by atoms with E-state index in [0.29, 0.717) is 6.29 Å². The molecule has 0 radical (unpaired) electrons. The van der Waals surface area contributed by atoms with Crippen molar-refractivity contribution in [2.45, 2.75) is 26.4 Å². The normalized spacial score (nSPS) is 10.8. The van der Waals surface area contributed by atoms with Gasteiger partial charge in [0.15, 0.2) is 23.6 Å². The number of benzene rings is 1. The summed E-state index contributed by atoms with van der Waals surface area (Å²) in [6.45, 7) is 5.05. The van der Waals surface area contributed by atoms with Gasteiger partial charge in [0.2, 0.25) is 0 Å². The lowest BCUT2D eigenvalue weighted by molar-refractivity contribution is 0.0634. The number of carbonyl (C=O) groups excluding carboxylic acids is 2. The Bertz CT molecular complexity index is 551. The van der Waals surface area contributed by atoms with Gasteiger partial charge in [-0.05, 0) is 26.8 Å². The van der Waals surface area contributed by atoms with Gasteiger partial charge in [-0.3, -0.25) is 10.1 Å². The Morgan fingerprint density at radius 3 is 2.24 bits per heavy atom. The second kappa shape index (κ2) is 6.43. The highest BCUT2D eigenvalue weighted by Crippen LogP contribution is 2.39. The Kier molecular flexibility index (Phi) is 5.12. The van der Waals surface area contributed by atoms with E-state index in [2.05, 4.69) is 5.32 Å². The minimum absolute atomic E-state index is 0.00545. The molecule has 0 unspecified atom stereocenters. The molecule has 1 aromatic rings. The number of anilines is 1. The summed E-state index contributed by atoms with van der Waals surface area (Å²) in [6.07, 6.45) is -0.400. The van der Waals surface area contributed by atoms with Gasteiger partial charge in [-0.15, -0.1) is 0 Å². The van der Waals surface area contributed by atoms with E-state index >= 15 is 0 Å². The van der Waals surface area contributed by atoms with Crippen molar-refractivity contribution in [3.63, 3.8) is 0 Å². The van der Waals surface area contributed by atoms with Crippen molar-refractivity contribution in [1.29, 1.82) is 0 Å². The van der Waals surface area contributed by atoms with Crippen LogP contribution in [0.4, 0.5) is 14.9 Å². The van der Waals surface area contributed by atoms with Crippen LogP contribution in [0, 0.1) is 5.82 Å². The molecule has 0 aliphatic heterocycles. The Morgan fingerprint density at radius 1 is 1.24 bits per heavy atom. The van der Waals surface area contributed by atoms with Gasteiger partial charge in [-0.2, -0.15) is 0 Å². The Balaban J connectivity index is 3.28. The van der Waals surface area contributed by atoms with E-state index < -0.39 is 17.5 Å². The molecule has 116 valence electrons. The van der Waals surface area contributed by atoms with Gasteiger partial charge in [0, 0.05) is 0 Å². The second-order valence-electron chi connectivity index (χ2n) is 5.13. The van der Waals surface area contributed by atoms with E-state index in [1.54, 1.807) is 20.8 Å². The van der Waals surface area contributed by atoms with E-state index in [4.69, 9.17) is 14.2 Å². The third-order valence-corrected chi connectivity index (χ3v) is 2.38. The van der Waals surface area contributed by atoms with Crippen LogP contribution in [-0.2, 0) is 4.74 Å². The lowest BCUT2D eigenvalue weighted by Crippen LogP contribution is -2.27. The number of nitrogens with one attached hydrogen (secondary N) is 1. The van der Waals surface area contributed by atoms with Gasteiger partial charge < -0.3 is 14.2 Å². The summed E-state index contributed by atoms with van der Waals surface area (Å²) >= 11 is 0. The molecule has 1 rings (SSSR count).